The van der Waals surface area contributed by atoms with E-state index in [1.807, 2.05) is 6.07 Å². The molecule has 0 unspecified atom stereocenters. The zero-order chi connectivity index (χ0) is 36.3. The van der Waals surface area contributed by atoms with Gasteiger partial charge in [0.25, 0.3) is 0 Å². The third kappa shape index (κ3) is 5.09. The summed E-state index contributed by atoms with van der Waals surface area (Å²) in [5.74, 6) is 0. The van der Waals surface area contributed by atoms with Crippen LogP contribution < -0.4 is 0 Å². The molecule has 10 aromatic carbocycles. The Balaban J connectivity index is 1.07. The molecule has 0 saturated heterocycles. The van der Waals surface area contributed by atoms with Crippen LogP contribution in [0.25, 0.3) is 110 Å². The molecule has 0 fully saturated rings. The molecular formula is C54H34O. The van der Waals surface area contributed by atoms with E-state index in [4.69, 9.17) is 4.42 Å². The fourth-order valence-corrected chi connectivity index (χ4v) is 8.80. The second-order valence-electron chi connectivity index (χ2n) is 14.4. The topological polar surface area (TPSA) is 13.1 Å². The summed E-state index contributed by atoms with van der Waals surface area (Å²) in [5, 5.41) is 9.73. The highest BCUT2D eigenvalue weighted by atomic mass is 16.3. The Morgan fingerprint density at radius 3 is 1.51 bits per heavy atom. The lowest BCUT2D eigenvalue weighted by Crippen LogP contribution is -1.93. The summed E-state index contributed by atoms with van der Waals surface area (Å²) in [6.45, 7) is 0. The third-order valence-corrected chi connectivity index (χ3v) is 11.3. The number of hydrogen-bond donors (Lipinski definition) is 0. The minimum Gasteiger partial charge on any atom is -0.455 e. The van der Waals surface area contributed by atoms with Crippen LogP contribution >= 0.6 is 0 Å². The van der Waals surface area contributed by atoms with E-state index >= 15 is 0 Å². The van der Waals surface area contributed by atoms with Crippen molar-refractivity contribution < 1.29 is 4.42 Å². The van der Waals surface area contributed by atoms with Crippen LogP contribution in [-0.4, -0.2) is 0 Å². The summed E-state index contributed by atoms with van der Waals surface area (Å²) in [6, 6.07) is 74.7. The number of rotatable bonds is 5. The van der Waals surface area contributed by atoms with E-state index in [1.165, 1.54) is 76.8 Å². The Hall–Kier alpha value is -7.22. The largest absolute Gasteiger partial charge is 0.455 e. The number of fused-ring (bicyclic) bond motifs is 6. The first-order valence-corrected chi connectivity index (χ1v) is 18.9. The Kier molecular flexibility index (Phi) is 7.25. The predicted octanol–water partition coefficient (Wildman–Crippen LogP) is 15.4. The van der Waals surface area contributed by atoms with Gasteiger partial charge in [-0.05, 0) is 94.5 Å². The molecule has 0 aliphatic carbocycles. The molecule has 0 spiro atoms. The number of hydrogen-bond acceptors (Lipinski definition) is 1. The van der Waals surface area contributed by atoms with Gasteiger partial charge in [-0.2, -0.15) is 0 Å². The highest BCUT2D eigenvalue weighted by molar-refractivity contribution is 6.23. The summed E-state index contributed by atoms with van der Waals surface area (Å²) in [7, 11) is 0. The molecule has 0 aliphatic heterocycles. The van der Waals surface area contributed by atoms with Crippen LogP contribution in [0.1, 0.15) is 0 Å². The first kappa shape index (κ1) is 31.3. The average Bonchev–Trinajstić information content (AvgIpc) is 3.65. The van der Waals surface area contributed by atoms with Gasteiger partial charge in [0.2, 0.25) is 0 Å². The Morgan fingerprint density at radius 2 is 0.745 bits per heavy atom. The summed E-state index contributed by atoms with van der Waals surface area (Å²) in [5.41, 5.74) is 13.9. The summed E-state index contributed by atoms with van der Waals surface area (Å²) >= 11 is 0. The van der Waals surface area contributed by atoms with Gasteiger partial charge in [0.05, 0.1) is 0 Å². The molecular weight excluding hydrogens is 665 g/mol. The molecule has 11 rings (SSSR count). The van der Waals surface area contributed by atoms with E-state index in [0.717, 1.165) is 33.1 Å². The van der Waals surface area contributed by atoms with E-state index in [-0.39, 0.29) is 0 Å². The average molecular weight is 699 g/mol. The van der Waals surface area contributed by atoms with E-state index < -0.39 is 0 Å². The lowest BCUT2D eigenvalue weighted by atomic mass is 9.83. The molecule has 1 nitrogen and oxygen atoms in total. The van der Waals surface area contributed by atoms with Crippen molar-refractivity contribution in [1.82, 2.24) is 0 Å². The molecule has 55 heavy (non-hydrogen) atoms. The second-order valence-corrected chi connectivity index (χ2v) is 14.4. The van der Waals surface area contributed by atoms with Gasteiger partial charge in [-0.25, -0.2) is 0 Å². The fourth-order valence-electron chi connectivity index (χ4n) is 8.80. The van der Waals surface area contributed by atoms with Crippen LogP contribution in [0.2, 0.25) is 0 Å². The third-order valence-electron chi connectivity index (χ3n) is 11.3. The fraction of sp³-hybridized carbons (Fsp3) is 0. The van der Waals surface area contributed by atoms with E-state index in [9.17, 15) is 0 Å². The van der Waals surface area contributed by atoms with Crippen molar-refractivity contribution in [3.8, 4) is 55.6 Å². The van der Waals surface area contributed by atoms with Gasteiger partial charge in [0, 0.05) is 16.3 Å². The maximum absolute atomic E-state index is 6.57. The van der Waals surface area contributed by atoms with Gasteiger partial charge in [-0.3, -0.25) is 0 Å². The van der Waals surface area contributed by atoms with Crippen molar-refractivity contribution in [1.29, 1.82) is 0 Å². The summed E-state index contributed by atoms with van der Waals surface area (Å²) in [4.78, 5) is 0. The molecule has 0 N–H and O–H groups in total. The Labute approximate surface area is 319 Å². The van der Waals surface area contributed by atoms with E-state index in [0.29, 0.717) is 0 Å². The van der Waals surface area contributed by atoms with Gasteiger partial charge in [0.15, 0.2) is 0 Å². The van der Waals surface area contributed by atoms with E-state index in [1.54, 1.807) is 0 Å². The van der Waals surface area contributed by atoms with Crippen molar-refractivity contribution in [2.24, 2.45) is 0 Å². The molecule has 0 bridgehead atoms. The zero-order valence-corrected chi connectivity index (χ0v) is 30.0. The molecule has 1 heteroatoms. The van der Waals surface area contributed by atoms with Crippen molar-refractivity contribution in [2.45, 2.75) is 0 Å². The van der Waals surface area contributed by atoms with Crippen molar-refractivity contribution in [2.75, 3.05) is 0 Å². The highest BCUT2D eigenvalue weighted by Gasteiger charge is 2.21. The van der Waals surface area contributed by atoms with Crippen LogP contribution in [0.3, 0.4) is 0 Å². The van der Waals surface area contributed by atoms with Gasteiger partial charge in [0.1, 0.15) is 11.2 Å². The van der Waals surface area contributed by atoms with Gasteiger partial charge < -0.3 is 4.42 Å². The molecule has 1 heterocycles. The minimum atomic E-state index is 0.909. The minimum absolute atomic E-state index is 0.909. The standard InChI is InChI=1S/C54H34O/c1-2-18-40-36(14-1)15-12-26-41(40)39-17-11-16-38(34-39)35-30-32-37(33-31-35)52-45-22-5-7-24-47(45)53(48-25-8-6-23-46(48)52)44-21-4-3-19-42(44)49-27-13-28-50-43-20-9-10-29-51(43)55-54(49)50/h1-34H. The second kappa shape index (κ2) is 12.7. The van der Waals surface area contributed by atoms with Crippen LogP contribution in [-0.2, 0) is 0 Å². The maximum Gasteiger partial charge on any atom is 0.143 e. The number of para-hydroxylation sites is 2. The molecule has 0 radical (unpaired) electrons. The molecule has 0 atom stereocenters. The maximum atomic E-state index is 6.57. The van der Waals surface area contributed by atoms with Gasteiger partial charge in [-0.1, -0.05) is 194 Å². The van der Waals surface area contributed by atoms with Crippen LogP contribution in [0, 0.1) is 0 Å². The van der Waals surface area contributed by atoms with Crippen LogP contribution in [0.5, 0.6) is 0 Å². The van der Waals surface area contributed by atoms with Crippen LogP contribution in [0.4, 0.5) is 0 Å². The predicted molar refractivity (Wildman–Crippen MR) is 233 cm³/mol. The monoisotopic (exact) mass is 698 g/mol. The molecule has 1 aromatic heterocycles. The van der Waals surface area contributed by atoms with Crippen molar-refractivity contribution in [3.05, 3.63) is 206 Å². The Bertz CT molecular complexity index is 3190. The first-order valence-electron chi connectivity index (χ1n) is 18.9. The van der Waals surface area contributed by atoms with E-state index in [2.05, 4.69) is 200 Å². The number of benzene rings is 10. The quantitative estimate of drug-likeness (QED) is 0.163. The molecule has 0 saturated carbocycles. The molecule has 11 aromatic rings. The Morgan fingerprint density at radius 1 is 0.255 bits per heavy atom. The lowest BCUT2D eigenvalue weighted by Gasteiger charge is -2.20. The molecule has 0 amide bonds. The number of furan rings is 1. The smallest absolute Gasteiger partial charge is 0.143 e. The zero-order valence-electron chi connectivity index (χ0n) is 30.0. The molecule has 0 aliphatic rings. The summed E-state index contributed by atoms with van der Waals surface area (Å²) < 4.78 is 6.57. The normalized spacial score (nSPS) is 11.6. The van der Waals surface area contributed by atoms with Gasteiger partial charge >= 0.3 is 0 Å². The first-order chi connectivity index (χ1) is 27.3. The van der Waals surface area contributed by atoms with Crippen molar-refractivity contribution >= 4 is 54.3 Å². The van der Waals surface area contributed by atoms with Crippen LogP contribution in [0.15, 0.2) is 211 Å². The van der Waals surface area contributed by atoms with Crippen molar-refractivity contribution in [3.63, 3.8) is 0 Å². The summed E-state index contributed by atoms with van der Waals surface area (Å²) in [6.07, 6.45) is 0. The lowest BCUT2D eigenvalue weighted by molar-refractivity contribution is 0.670. The van der Waals surface area contributed by atoms with Gasteiger partial charge in [-0.15, -0.1) is 0 Å². The highest BCUT2D eigenvalue weighted by Crippen LogP contribution is 2.47. The molecule has 256 valence electrons. The SMILES string of the molecule is c1cc(-c2ccc(-c3c4ccccc4c(-c4ccccc4-c4cccc5c4oc4ccccc45)c4ccccc34)cc2)cc(-c2cccc3ccccc23)c1.